The van der Waals surface area contributed by atoms with Gasteiger partial charge >= 0.3 is 6.09 Å². The molecule has 5 nitrogen and oxygen atoms in total. The number of hydrogen-bond donors (Lipinski definition) is 1. The van der Waals surface area contributed by atoms with Crippen molar-refractivity contribution in [3.8, 4) is 0 Å². The lowest BCUT2D eigenvalue weighted by molar-refractivity contribution is 0.139. The smallest absolute Gasteiger partial charge is 0.407 e. The maximum atomic E-state index is 11.8. The minimum atomic E-state index is -3.02. The van der Waals surface area contributed by atoms with Gasteiger partial charge in [-0.15, -0.1) is 0 Å². The molecule has 2 unspecified atom stereocenters. The van der Waals surface area contributed by atoms with Gasteiger partial charge in [0.2, 0.25) is 0 Å². The predicted octanol–water partition coefficient (Wildman–Crippen LogP) is 1.35. The third-order valence-corrected chi connectivity index (χ3v) is 6.35. The summed E-state index contributed by atoms with van der Waals surface area (Å²) in [5.74, 6) is 0.852. The number of benzene rings is 1. The monoisotopic (exact) mass is 295 g/mol. The summed E-state index contributed by atoms with van der Waals surface area (Å²) in [6, 6.07) is 9.36. The van der Waals surface area contributed by atoms with Crippen LogP contribution < -0.4 is 5.32 Å². The minimum absolute atomic E-state index is 0.164. The average molecular weight is 295 g/mol. The quantitative estimate of drug-likeness (QED) is 0.910. The fraction of sp³-hybridized carbons (Fsp3) is 0.500. The Bertz CT molecular complexity index is 599. The van der Waals surface area contributed by atoms with E-state index in [4.69, 9.17) is 4.74 Å². The Hall–Kier alpha value is -1.56. The zero-order valence-corrected chi connectivity index (χ0v) is 11.8. The van der Waals surface area contributed by atoms with Crippen molar-refractivity contribution >= 4 is 15.9 Å². The van der Waals surface area contributed by atoms with Crippen LogP contribution in [0.1, 0.15) is 12.0 Å². The number of alkyl carbamates (subject to hydrolysis) is 1. The second kappa shape index (κ2) is 5.09. The molecule has 0 spiro atoms. The molecule has 1 heterocycles. The van der Waals surface area contributed by atoms with Crippen molar-refractivity contribution in [2.75, 3.05) is 12.3 Å². The van der Waals surface area contributed by atoms with Crippen LogP contribution in [0, 0.1) is 11.8 Å². The van der Waals surface area contributed by atoms with E-state index >= 15 is 0 Å². The number of fused-ring (bicyclic) bond motifs is 1. The molecule has 0 radical (unpaired) electrons. The van der Waals surface area contributed by atoms with E-state index in [-0.39, 0.29) is 24.8 Å². The number of rotatable bonds is 4. The highest BCUT2D eigenvalue weighted by Crippen LogP contribution is 2.50. The van der Waals surface area contributed by atoms with Gasteiger partial charge in [0.15, 0.2) is 9.84 Å². The van der Waals surface area contributed by atoms with E-state index in [0.717, 1.165) is 12.0 Å². The molecule has 1 saturated heterocycles. The topological polar surface area (TPSA) is 72.5 Å². The van der Waals surface area contributed by atoms with Crippen molar-refractivity contribution in [3.63, 3.8) is 0 Å². The minimum Gasteiger partial charge on any atom is -0.445 e. The first-order chi connectivity index (χ1) is 9.56. The highest BCUT2D eigenvalue weighted by molar-refractivity contribution is 7.92. The molecular weight excluding hydrogens is 278 g/mol. The molecule has 0 bridgehead atoms. The van der Waals surface area contributed by atoms with Crippen molar-refractivity contribution in [2.45, 2.75) is 18.3 Å². The molecule has 1 aliphatic heterocycles. The molecule has 1 aromatic rings. The van der Waals surface area contributed by atoms with E-state index in [9.17, 15) is 13.2 Å². The van der Waals surface area contributed by atoms with Gasteiger partial charge in [0.25, 0.3) is 0 Å². The van der Waals surface area contributed by atoms with Crippen LogP contribution >= 0.6 is 0 Å². The number of carbonyl (C=O) groups excluding carboxylic acids is 1. The average Bonchev–Trinajstić information content (AvgIpc) is 3.10. The van der Waals surface area contributed by atoms with Crippen LogP contribution in [0.5, 0.6) is 0 Å². The van der Waals surface area contributed by atoms with Crippen molar-refractivity contribution in [3.05, 3.63) is 35.9 Å². The van der Waals surface area contributed by atoms with Gasteiger partial charge in [0.05, 0.1) is 11.0 Å². The summed E-state index contributed by atoms with van der Waals surface area (Å²) in [5.41, 5.74) is 0.901. The fourth-order valence-corrected chi connectivity index (χ4v) is 5.27. The zero-order chi connectivity index (χ0) is 14.2. The number of nitrogens with one attached hydrogen (secondary N) is 1. The molecule has 20 heavy (non-hydrogen) atoms. The fourth-order valence-electron chi connectivity index (χ4n) is 2.84. The van der Waals surface area contributed by atoms with E-state index in [1.165, 1.54) is 0 Å². The standard InChI is InChI=1S/C14H17NO4S/c16-14(19-8-10-4-2-1-3-5-10)15-7-13-12-6-11(12)9-20(13,17)18/h1-5,11-13H,6-9H2,(H,15,16)/t11?,12?,13-/m1/s1. The lowest BCUT2D eigenvalue weighted by Gasteiger charge is -2.13. The molecule has 1 aromatic carbocycles. The second-order valence-corrected chi connectivity index (χ2v) is 7.73. The maximum absolute atomic E-state index is 11.8. The molecule has 3 atom stereocenters. The third-order valence-electron chi connectivity index (χ3n) is 4.02. The number of amides is 1. The van der Waals surface area contributed by atoms with Crippen LogP contribution in [0.25, 0.3) is 0 Å². The largest absolute Gasteiger partial charge is 0.445 e. The SMILES string of the molecule is O=C(NC[C@@H]1C2CC2CS1(=O)=O)OCc1ccccc1. The molecule has 1 N–H and O–H groups in total. The molecule has 6 heteroatoms. The molecule has 3 rings (SSSR count). The summed E-state index contributed by atoms with van der Waals surface area (Å²) in [7, 11) is -3.02. The van der Waals surface area contributed by atoms with Crippen LogP contribution in [0.3, 0.4) is 0 Å². The highest BCUT2D eigenvalue weighted by atomic mass is 32.2. The van der Waals surface area contributed by atoms with Gasteiger partial charge in [-0.05, 0) is 23.8 Å². The third kappa shape index (κ3) is 2.80. The summed E-state index contributed by atoms with van der Waals surface area (Å²) >= 11 is 0. The zero-order valence-electron chi connectivity index (χ0n) is 11.0. The number of hydrogen-bond acceptors (Lipinski definition) is 4. The predicted molar refractivity (Wildman–Crippen MR) is 73.8 cm³/mol. The Morgan fingerprint density at radius 2 is 2.05 bits per heavy atom. The van der Waals surface area contributed by atoms with Crippen LogP contribution in [-0.4, -0.2) is 32.1 Å². The van der Waals surface area contributed by atoms with E-state index in [2.05, 4.69) is 5.32 Å². The Labute approximate surface area is 118 Å². The first kappa shape index (κ1) is 13.4. The van der Waals surface area contributed by atoms with Gasteiger partial charge in [-0.1, -0.05) is 30.3 Å². The van der Waals surface area contributed by atoms with Crippen LogP contribution in [-0.2, 0) is 21.2 Å². The van der Waals surface area contributed by atoms with Gasteiger partial charge in [-0.3, -0.25) is 0 Å². The Balaban J connectivity index is 1.46. The lowest BCUT2D eigenvalue weighted by atomic mass is 10.2. The molecule has 2 fully saturated rings. The summed E-state index contributed by atoms with van der Waals surface area (Å²) in [6.07, 6.45) is 0.415. The number of ether oxygens (including phenoxy) is 1. The van der Waals surface area contributed by atoms with Crippen LogP contribution in [0.4, 0.5) is 4.79 Å². The van der Waals surface area contributed by atoms with Crippen LogP contribution in [0.2, 0.25) is 0 Å². The van der Waals surface area contributed by atoms with Crippen molar-refractivity contribution in [1.29, 1.82) is 0 Å². The summed E-state index contributed by atoms with van der Waals surface area (Å²) in [5, 5.41) is 2.15. The number of carbonyl (C=O) groups is 1. The van der Waals surface area contributed by atoms with Gasteiger partial charge < -0.3 is 10.1 Å². The molecular formula is C14H17NO4S. The van der Waals surface area contributed by atoms with Crippen LogP contribution in [0.15, 0.2) is 30.3 Å². The Morgan fingerprint density at radius 3 is 2.70 bits per heavy atom. The summed E-state index contributed by atoms with van der Waals surface area (Å²) < 4.78 is 28.7. The first-order valence-corrected chi connectivity index (χ1v) is 8.44. The molecule has 2 aliphatic rings. The first-order valence-electron chi connectivity index (χ1n) is 6.72. The van der Waals surface area contributed by atoms with Crippen molar-refractivity contribution in [2.24, 2.45) is 11.8 Å². The van der Waals surface area contributed by atoms with Gasteiger partial charge in [-0.2, -0.15) is 0 Å². The van der Waals surface area contributed by atoms with E-state index in [0.29, 0.717) is 5.92 Å². The Morgan fingerprint density at radius 1 is 1.30 bits per heavy atom. The van der Waals surface area contributed by atoms with E-state index in [1.54, 1.807) is 0 Å². The normalized spacial score (nSPS) is 29.5. The summed E-state index contributed by atoms with van der Waals surface area (Å²) in [4.78, 5) is 11.6. The Kier molecular flexibility index (Phi) is 3.41. The molecule has 0 aromatic heterocycles. The van der Waals surface area contributed by atoms with Gasteiger partial charge in [0.1, 0.15) is 6.61 Å². The molecule has 108 valence electrons. The molecule has 1 aliphatic carbocycles. The maximum Gasteiger partial charge on any atom is 0.407 e. The highest BCUT2D eigenvalue weighted by Gasteiger charge is 2.56. The molecule has 1 saturated carbocycles. The van der Waals surface area contributed by atoms with E-state index in [1.807, 2.05) is 30.3 Å². The summed E-state index contributed by atoms with van der Waals surface area (Å²) in [6.45, 7) is 0.354. The van der Waals surface area contributed by atoms with Crippen molar-refractivity contribution in [1.82, 2.24) is 5.32 Å². The van der Waals surface area contributed by atoms with Gasteiger partial charge in [0, 0.05) is 6.54 Å². The number of sulfone groups is 1. The van der Waals surface area contributed by atoms with Gasteiger partial charge in [-0.25, -0.2) is 13.2 Å². The lowest BCUT2D eigenvalue weighted by Crippen LogP contribution is -2.36. The van der Waals surface area contributed by atoms with Crippen molar-refractivity contribution < 1.29 is 17.9 Å². The second-order valence-electron chi connectivity index (χ2n) is 5.47. The van der Waals surface area contributed by atoms with E-state index < -0.39 is 21.2 Å². The molecule has 1 amide bonds.